The van der Waals surface area contributed by atoms with E-state index in [4.69, 9.17) is 0 Å². The molecule has 1 aromatic heterocycles. The Kier molecular flexibility index (Phi) is 4.52. The molecule has 0 aliphatic carbocycles. The van der Waals surface area contributed by atoms with Gasteiger partial charge in [0.1, 0.15) is 0 Å². The molecule has 2 rings (SSSR count). The molecule has 21 heavy (non-hydrogen) atoms. The number of nitrogens with zero attached hydrogens (tertiary/aromatic N) is 1. The first kappa shape index (κ1) is 15.4. The third-order valence-corrected chi connectivity index (χ3v) is 4.32. The molecule has 0 saturated heterocycles. The normalized spacial score (nSPS) is 11.6. The maximum absolute atomic E-state index is 12.7. The second-order valence-corrected chi connectivity index (χ2v) is 6.35. The quantitative estimate of drug-likeness (QED) is 0.922. The predicted octanol–water partition coefficient (Wildman–Crippen LogP) is 3.00. The Morgan fingerprint density at radius 2 is 1.90 bits per heavy atom. The maximum atomic E-state index is 12.7. The van der Waals surface area contributed by atoms with Crippen LogP contribution in [0.4, 0.5) is 14.5 Å². The molecule has 0 bridgehead atoms. The zero-order valence-electron chi connectivity index (χ0n) is 11.3. The first-order valence-electron chi connectivity index (χ1n) is 6.18. The van der Waals surface area contributed by atoms with Crippen LogP contribution in [0.2, 0.25) is 0 Å². The van der Waals surface area contributed by atoms with E-state index in [1.54, 1.807) is 12.3 Å². The van der Waals surface area contributed by atoms with Crippen LogP contribution in [0.3, 0.4) is 0 Å². The number of halogens is 2. The summed E-state index contributed by atoms with van der Waals surface area (Å²) in [4.78, 5) is 3.71. The van der Waals surface area contributed by atoms with Gasteiger partial charge in [0.25, 0.3) is 0 Å². The van der Waals surface area contributed by atoms with Crippen LogP contribution in [0.25, 0.3) is 0 Å². The highest BCUT2D eigenvalue weighted by Crippen LogP contribution is 2.26. The highest BCUT2D eigenvalue weighted by Gasteiger charge is 2.28. The number of para-hydroxylation sites is 1. The number of alkyl halides is 2. The van der Waals surface area contributed by atoms with Crippen LogP contribution in [0.1, 0.15) is 11.3 Å². The molecule has 2 aromatic rings. The second kappa shape index (κ2) is 6.17. The van der Waals surface area contributed by atoms with Gasteiger partial charge in [0.2, 0.25) is 9.84 Å². The smallest absolute Gasteiger partial charge is 0.341 e. The minimum Gasteiger partial charge on any atom is -0.380 e. The largest absolute Gasteiger partial charge is 0.380 e. The van der Waals surface area contributed by atoms with Gasteiger partial charge < -0.3 is 5.32 Å². The Hall–Kier alpha value is -2.02. The van der Waals surface area contributed by atoms with Crippen molar-refractivity contribution in [3.63, 3.8) is 0 Å². The fourth-order valence-electron chi connectivity index (χ4n) is 1.76. The molecule has 0 aliphatic heterocycles. The number of rotatable bonds is 5. The Bertz CT molecular complexity index is 716. The minimum atomic E-state index is -4.63. The third-order valence-electron chi connectivity index (χ3n) is 2.88. The SMILES string of the molecule is Cc1ccc(CNc2ccccc2S(=O)(=O)C(F)F)cn1. The standard InChI is InChI=1S/C14H14F2N2O2S/c1-10-6-7-11(8-17-10)9-18-12-4-2-3-5-13(12)21(19,20)14(15)16/h2-8,14,18H,9H2,1H3. The summed E-state index contributed by atoms with van der Waals surface area (Å²) in [5.74, 6) is -3.44. The van der Waals surface area contributed by atoms with Crippen LogP contribution >= 0.6 is 0 Å². The van der Waals surface area contributed by atoms with Crippen LogP contribution < -0.4 is 5.32 Å². The van der Waals surface area contributed by atoms with E-state index in [0.717, 1.165) is 17.3 Å². The highest BCUT2D eigenvalue weighted by atomic mass is 32.2. The van der Waals surface area contributed by atoms with Crippen molar-refractivity contribution in [2.45, 2.75) is 24.1 Å². The fraction of sp³-hybridized carbons (Fsp3) is 0.214. The van der Waals surface area contributed by atoms with Crippen molar-refractivity contribution in [3.05, 3.63) is 53.9 Å². The molecule has 1 N–H and O–H groups in total. The maximum Gasteiger partial charge on any atom is 0.341 e. The van der Waals surface area contributed by atoms with Crippen molar-refractivity contribution >= 4 is 15.5 Å². The highest BCUT2D eigenvalue weighted by molar-refractivity contribution is 7.91. The van der Waals surface area contributed by atoms with Gasteiger partial charge in [0, 0.05) is 18.4 Å². The van der Waals surface area contributed by atoms with E-state index in [2.05, 4.69) is 10.3 Å². The zero-order chi connectivity index (χ0) is 15.5. The van der Waals surface area contributed by atoms with Crippen LogP contribution in [0.5, 0.6) is 0 Å². The zero-order valence-corrected chi connectivity index (χ0v) is 12.1. The molecule has 4 nitrogen and oxygen atoms in total. The molecule has 112 valence electrons. The van der Waals surface area contributed by atoms with E-state index in [1.807, 2.05) is 19.1 Å². The first-order chi connectivity index (χ1) is 9.91. The van der Waals surface area contributed by atoms with Gasteiger partial charge in [-0.3, -0.25) is 4.98 Å². The molecule has 0 atom stereocenters. The van der Waals surface area contributed by atoms with Gasteiger partial charge >= 0.3 is 5.76 Å². The second-order valence-electron chi connectivity index (χ2n) is 4.46. The average Bonchev–Trinajstić information content (AvgIpc) is 2.47. The van der Waals surface area contributed by atoms with Gasteiger partial charge in [-0.15, -0.1) is 0 Å². The van der Waals surface area contributed by atoms with Gasteiger partial charge in [0.15, 0.2) is 0 Å². The molecule has 1 aromatic carbocycles. The number of hydrogen-bond acceptors (Lipinski definition) is 4. The Morgan fingerprint density at radius 1 is 1.19 bits per heavy atom. The minimum absolute atomic E-state index is 0.151. The molecular formula is C14H14F2N2O2S. The number of hydrogen-bond donors (Lipinski definition) is 1. The summed E-state index contributed by atoms with van der Waals surface area (Å²) < 4.78 is 48.5. The van der Waals surface area contributed by atoms with Crippen LogP contribution in [0, 0.1) is 6.92 Å². The molecule has 7 heteroatoms. The Labute approximate surface area is 121 Å². The number of benzene rings is 1. The summed E-state index contributed by atoms with van der Waals surface area (Å²) >= 11 is 0. The van der Waals surface area contributed by atoms with Gasteiger partial charge in [-0.05, 0) is 30.7 Å². The summed E-state index contributed by atoms with van der Waals surface area (Å²) in [6.45, 7) is 2.14. The third kappa shape index (κ3) is 3.55. The fourth-order valence-corrected chi connectivity index (χ4v) is 2.66. The molecule has 0 amide bonds. The molecule has 0 radical (unpaired) electrons. The molecule has 0 spiro atoms. The lowest BCUT2D eigenvalue weighted by molar-refractivity contribution is 0.235. The Morgan fingerprint density at radius 3 is 2.52 bits per heavy atom. The van der Waals surface area contributed by atoms with Gasteiger partial charge in [-0.1, -0.05) is 18.2 Å². The predicted molar refractivity (Wildman–Crippen MR) is 75.9 cm³/mol. The number of pyridine rings is 1. The summed E-state index contributed by atoms with van der Waals surface area (Å²) in [7, 11) is -4.63. The summed E-state index contributed by atoms with van der Waals surface area (Å²) in [5, 5.41) is 2.86. The molecule has 0 aliphatic rings. The van der Waals surface area contributed by atoms with Crippen molar-refractivity contribution in [1.29, 1.82) is 0 Å². The van der Waals surface area contributed by atoms with E-state index in [-0.39, 0.29) is 5.69 Å². The molecular weight excluding hydrogens is 298 g/mol. The number of anilines is 1. The van der Waals surface area contributed by atoms with E-state index < -0.39 is 20.5 Å². The van der Waals surface area contributed by atoms with E-state index in [1.165, 1.54) is 12.1 Å². The van der Waals surface area contributed by atoms with Crippen LogP contribution in [-0.4, -0.2) is 19.2 Å². The molecule has 0 fully saturated rings. The van der Waals surface area contributed by atoms with E-state index >= 15 is 0 Å². The number of nitrogens with one attached hydrogen (secondary N) is 1. The van der Waals surface area contributed by atoms with Crippen molar-refractivity contribution in [3.8, 4) is 0 Å². The van der Waals surface area contributed by atoms with Gasteiger partial charge in [-0.25, -0.2) is 8.42 Å². The van der Waals surface area contributed by atoms with Crippen molar-refractivity contribution in [1.82, 2.24) is 4.98 Å². The van der Waals surface area contributed by atoms with Crippen molar-refractivity contribution < 1.29 is 17.2 Å². The van der Waals surface area contributed by atoms with Crippen LogP contribution in [-0.2, 0) is 16.4 Å². The van der Waals surface area contributed by atoms with Gasteiger partial charge in [-0.2, -0.15) is 8.78 Å². The lowest BCUT2D eigenvalue weighted by Gasteiger charge is -2.12. The van der Waals surface area contributed by atoms with Gasteiger partial charge in [0.05, 0.1) is 10.6 Å². The van der Waals surface area contributed by atoms with E-state index in [0.29, 0.717) is 6.54 Å². The molecule has 1 heterocycles. The van der Waals surface area contributed by atoms with Crippen LogP contribution in [0.15, 0.2) is 47.5 Å². The summed E-state index contributed by atoms with van der Waals surface area (Å²) in [5.41, 5.74) is 1.84. The molecule has 0 unspecified atom stereocenters. The monoisotopic (exact) mass is 312 g/mol. The lowest BCUT2D eigenvalue weighted by Crippen LogP contribution is -2.14. The number of aryl methyl sites for hydroxylation is 1. The Balaban J connectivity index is 2.23. The lowest BCUT2D eigenvalue weighted by atomic mass is 10.2. The number of aromatic nitrogens is 1. The number of sulfone groups is 1. The van der Waals surface area contributed by atoms with Crippen molar-refractivity contribution in [2.75, 3.05) is 5.32 Å². The average molecular weight is 312 g/mol. The first-order valence-corrected chi connectivity index (χ1v) is 7.72. The molecule has 0 saturated carbocycles. The topological polar surface area (TPSA) is 59.1 Å². The summed E-state index contributed by atoms with van der Waals surface area (Å²) in [6, 6.07) is 9.26. The van der Waals surface area contributed by atoms with Crippen molar-refractivity contribution in [2.24, 2.45) is 0 Å². The summed E-state index contributed by atoms with van der Waals surface area (Å²) in [6.07, 6.45) is 1.65. The van der Waals surface area contributed by atoms with E-state index in [9.17, 15) is 17.2 Å².